The molecule has 0 aliphatic rings. The Hall–Kier alpha value is -2.69. The third-order valence-electron chi connectivity index (χ3n) is 5.51. The molecule has 0 unspecified atom stereocenters. The quantitative estimate of drug-likeness (QED) is 0.553. The van der Waals surface area contributed by atoms with E-state index in [9.17, 15) is 4.79 Å². The van der Waals surface area contributed by atoms with Gasteiger partial charge in [0.25, 0.3) is 5.91 Å². The van der Waals surface area contributed by atoms with Crippen molar-refractivity contribution in [2.45, 2.75) is 47.1 Å². The van der Waals surface area contributed by atoms with Gasteiger partial charge in [0.15, 0.2) is 5.65 Å². The third kappa shape index (κ3) is 3.93. The van der Waals surface area contributed by atoms with Gasteiger partial charge in [0.1, 0.15) is 0 Å². The first kappa shape index (κ1) is 20.1. The van der Waals surface area contributed by atoms with Gasteiger partial charge in [0.05, 0.1) is 22.8 Å². The molecule has 0 saturated carbocycles. The maximum atomic E-state index is 13.5. The van der Waals surface area contributed by atoms with Crippen LogP contribution in [0.4, 0.5) is 0 Å². The van der Waals surface area contributed by atoms with Crippen molar-refractivity contribution in [1.29, 1.82) is 0 Å². The number of carbonyl (C=O) groups is 1. The van der Waals surface area contributed by atoms with Gasteiger partial charge in [-0.25, -0.2) is 9.67 Å². The number of nitrogens with zero attached hydrogens (tertiary/aromatic N) is 4. The SMILES string of the molecule is CCC(CC)CN(CC)C(=O)c1cc(-c2ccccc2)nc2c1cnn2CC. The molecule has 5 nitrogen and oxygen atoms in total. The highest BCUT2D eigenvalue weighted by atomic mass is 16.2. The molecule has 5 heteroatoms. The summed E-state index contributed by atoms with van der Waals surface area (Å²) in [4.78, 5) is 20.3. The topological polar surface area (TPSA) is 51.0 Å². The van der Waals surface area contributed by atoms with Crippen molar-refractivity contribution < 1.29 is 4.79 Å². The third-order valence-corrected chi connectivity index (χ3v) is 5.51. The number of fused-ring (bicyclic) bond motifs is 1. The van der Waals surface area contributed by atoms with Crippen LogP contribution in [0.5, 0.6) is 0 Å². The van der Waals surface area contributed by atoms with Gasteiger partial charge >= 0.3 is 0 Å². The second-order valence-corrected chi connectivity index (χ2v) is 7.15. The van der Waals surface area contributed by atoms with E-state index in [0.29, 0.717) is 24.6 Å². The molecular formula is C23H30N4O. The van der Waals surface area contributed by atoms with Crippen LogP contribution in [-0.2, 0) is 6.54 Å². The molecule has 0 aliphatic carbocycles. The predicted octanol–water partition coefficient (Wildman–Crippen LogP) is 5.02. The summed E-state index contributed by atoms with van der Waals surface area (Å²) >= 11 is 0. The molecule has 0 atom stereocenters. The molecule has 0 saturated heterocycles. The molecule has 0 bridgehead atoms. The van der Waals surface area contributed by atoms with Crippen molar-refractivity contribution in [1.82, 2.24) is 19.7 Å². The fourth-order valence-electron chi connectivity index (χ4n) is 3.60. The van der Waals surface area contributed by atoms with Crippen LogP contribution in [-0.4, -0.2) is 38.7 Å². The number of amides is 1. The van der Waals surface area contributed by atoms with Crippen molar-refractivity contribution in [3.8, 4) is 11.3 Å². The lowest BCUT2D eigenvalue weighted by atomic mass is 10.0. The van der Waals surface area contributed by atoms with E-state index in [1.807, 2.05) is 59.8 Å². The van der Waals surface area contributed by atoms with Crippen molar-refractivity contribution >= 4 is 16.9 Å². The number of benzene rings is 1. The first-order valence-electron chi connectivity index (χ1n) is 10.3. The second kappa shape index (κ2) is 9.00. The zero-order chi connectivity index (χ0) is 20.1. The lowest BCUT2D eigenvalue weighted by Gasteiger charge is -2.26. The molecular weight excluding hydrogens is 348 g/mol. The highest BCUT2D eigenvalue weighted by Crippen LogP contribution is 2.26. The molecule has 0 radical (unpaired) electrons. The summed E-state index contributed by atoms with van der Waals surface area (Å²) in [5, 5.41) is 5.28. The number of hydrogen-bond donors (Lipinski definition) is 0. The Morgan fingerprint density at radius 1 is 1.11 bits per heavy atom. The summed E-state index contributed by atoms with van der Waals surface area (Å²) in [6.45, 7) is 10.7. The number of pyridine rings is 1. The van der Waals surface area contributed by atoms with Gasteiger partial charge in [-0.1, -0.05) is 57.0 Å². The van der Waals surface area contributed by atoms with Crippen molar-refractivity contribution in [3.05, 3.63) is 48.2 Å². The molecule has 1 aromatic carbocycles. The molecule has 0 N–H and O–H groups in total. The standard InChI is InChI=1S/C23H30N4O/c1-5-17(6-2)16-26(7-3)23(28)19-14-21(18-12-10-9-11-13-18)25-22-20(19)15-24-27(22)8-4/h9-15,17H,5-8,16H2,1-4H3. The fraction of sp³-hybridized carbons (Fsp3) is 0.435. The van der Waals surface area contributed by atoms with Gasteiger partial charge in [-0.05, 0) is 25.8 Å². The van der Waals surface area contributed by atoms with Crippen LogP contribution >= 0.6 is 0 Å². The van der Waals surface area contributed by atoms with Crippen LogP contribution in [0.15, 0.2) is 42.6 Å². The average Bonchev–Trinajstić information content (AvgIpc) is 3.17. The molecule has 2 heterocycles. The maximum Gasteiger partial charge on any atom is 0.254 e. The van der Waals surface area contributed by atoms with Crippen LogP contribution < -0.4 is 0 Å². The summed E-state index contributed by atoms with van der Waals surface area (Å²) in [6.07, 6.45) is 3.93. The summed E-state index contributed by atoms with van der Waals surface area (Å²) in [6, 6.07) is 11.9. The zero-order valence-electron chi connectivity index (χ0n) is 17.4. The van der Waals surface area contributed by atoms with E-state index in [0.717, 1.165) is 41.7 Å². The summed E-state index contributed by atoms with van der Waals surface area (Å²) in [5.74, 6) is 0.586. The molecule has 148 valence electrons. The van der Waals surface area contributed by atoms with E-state index in [4.69, 9.17) is 4.98 Å². The van der Waals surface area contributed by atoms with Crippen LogP contribution in [0.3, 0.4) is 0 Å². The Morgan fingerprint density at radius 3 is 2.43 bits per heavy atom. The Bertz CT molecular complexity index is 928. The van der Waals surface area contributed by atoms with Gasteiger partial charge in [-0.2, -0.15) is 5.10 Å². The maximum absolute atomic E-state index is 13.5. The Labute approximate surface area is 167 Å². The lowest BCUT2D eigenvalue weighted by Crippen LogP contribution is -2.35. The minimum Gasteiger partial charge on any atom is -0.339 e. The van der Waals surface area contributed by atoms with E-state index >= 15 is 0 Å². The van der Waals surface area contributed by atoms with Crippen molar-refractivity contribution in [2.24, 2.45) is 5.92 Å². The van der Waals surface area contributed by atoms with Crippen LogP contribution in [0.1, 0.15) is 50.9 Å². The van der Waals surface area contributed by atoms with E-state index < -0.39 is 0 Å². The van der Waals surface area contributed by atoms with E-state index in [1.165, 1.54) is 0 Å². The molecule has 0 fully saturated rings. The highest BCUT2D eigenvalue weighted by molar-refractivity contribution is 6.06. The molecule has 3 aromatic rings. The molecule has 28 heavy (non-hydrogen) atoms. The van der Waals surface area contributed by atoms with E-state index in [1.54, 1.807) is 6.20 Å². The average molecular weight is 379 g/mol. The van der Waals surface area contributed by atoms with Gasteiger partial charge in [-0.15, -0.1) is 0 Å². The van der Waals surface area contributed by atoms with Crippen LogP contribution in [0.25, 0.3) is 22.3 Å². The van der Waals surface area contributed by atoms with Gasteiger partial charge in [0.2, 0.25) is 0 Å². The second-order valence-electron chi connectivity index (χ2n) is 7.15. The van der Waals surface area contributed by atoms with Crippen molar-refractivity contribution in [2.75, 3.05) is 13.1 Å². The summed E-state index contributed by atoms with van der Waals surface area (Å²) < 4.78 is 1.86. The molecule has 3 rings (SSSR count). The molecule has 2 aromatic heterocycles. The minimum absolute atomic E-state index is 0.0645. The Balaban J connectivity index is 2.10. The predicted molar refractivity (Wildman–Crippen MR) is 114 cm³/mol. The smallest absolute Gasteiger partial charge is 0.254 e. The van der Waals surface area contributed by atoms with Gasteiger partial charge in [-0.3, -0.25) is 4.79 Å². The first-order chi connectivity index (χ1) is 13.6. The number of carbonyl (C=O) groups excluding carboxylic acids is 1. The van der Waals surface area contributed by atoms with Crippen LogP contribution in [0.2, 0.25) is 0 Å². The molecule has 0 spiro atoms. The highest BCUT2D eigenvalue weighted by Gasteiger charge is 2.22. The monoisotopic (exact) mass is 378 g/mol. The zero-order valence-corrected chi connectivity index (χ0v) is 17.4. The molecule has 0 aliphatic heterocycles. The number of rotatable bonds is 8. The normalized spacial score (nSPS) is 11.3. The Morgan fingerprint density at radius 2 is 1.82 bits per heavy atom. The first-order valence-corrected chi connectivity index (χ1v) is 10.3. The van der Waals surface area contributed by atoms with E-state index in [-0.39, 0.29) is 5.91 Å². The minimum atomic E-state index is 0.0645. The number of aryl methyl sites for hydroxylation is 1. The summed E-state index contributed by atoms with van der Waals surface area (Å²) in [5.41, 5.74) is 3.28. The lowest BCUT2D eigenvalue weighted by molar-refractivity contribution is 0.0737. The molecule has 1 amide bonds. The van der Waals surface area contributed by atoms with Crippen LogP contribution in [0, 0.1) is 5.92 Å². The van der Waals surface area contributed by atoms with Crippen molar-refractivity contribution in [3.63, 3.8) is 0 Å². The Kier molecular flexibility index (Phi) is 6.45. The number of hydrogen-bond acceptors (Lipinski definition) is 3. The van der Waals surface area contributed by atoms with E-state index in [2.05, 4.69) is 18.9 Å². The number of aromatic nitrogens is 3. The fourth-order valence-corrected chi connectivity index (χ4v) is 3.60. The van der Waals surface area contributed by atoms with Gasteiger partial charge in [0, 0.05) is 25.2 Å². The summed E-state index contributed by atoms with van der Waals surface area (Å²) in [7, 11) is 0. The largest absolute Gasteiger partial charge is 0.339 e. The van der Waals surface area contributed by atoms with Gasteiger partial charge < -0.3 is 4.90 Å².